The molecular formula is C25H25FN4O2. The fourth-order valence-corrected chi connectivity index (χ4v) is 5.91. The molecule has 4 aliphatic rings. The quantitative estimate of drug-likeness (QED) is 0.696. The van der Waals surface area contributed by atoms with Crippen molar-refractivity contribution in [1.29, 1.82) is 0 Å². The molecule has 2 aliphatic heterocycles. The number of rotatable bonds is 3. The summed E-state index contributed by atoms with van der Waals surface area (Å²) in [6, 6.07) is 16.3. The van der Waals surface area contributed by atoms with E-state index in [1.165, 1.54) is 12.1 Å². The van der Waals surface area contributed by atoms with Crippen molar-refractivity contribution >= 4 is 23.4 Å². The van der Waals surface area contributed by atoms with Gasteiger partial charge in [-0.1, -0.05) is 37.3 Å². The van der Waals surface area contributed by atoms with Crippen molar-refractivity contribution in [2.45, 2.75) is 37.3 Å². The molecule has 0 bridgehead atoms. The van der Waals surface area contributed by atoms with Crippen LogP contribution in [0.25, 0.3) is 5.57 Å². The first-order chi connectivity index (χ1) is 15.5. The number of nitrogens with one attached hydrogen (secondary N) is 1. The highest BCUT2D eigenvalue weighted by molar-refractivity contribution is 6.09. The largest absolute Gasteiger partial charge is 0.390 e. The molecule has 32 heavy (non-hydrogen) atoms. The molecule has 2 fully saturated rings. The van der Waals surface area contributed by atoms with Crippen molar-refractivity contribution in [1.82, 2.24) is 4.90 Å². The summed E-state index contributed by atoms with van der Waals surface area (Å²) in [6.07, 6.45) is 2.54. The smallest absolute Gasteiger partial charge is 0.137 e. The van der Waals surface area contributed by atoms with Crippen LogP contribution in [0.4, 0.5) is 10.1 Å². The number of benzene rings is 2. The van der Waals surface area contributed by atoms with Gasteiger partial charge in [0.05, 0.1) is 17.6 Å². The Morgan fingerprint density at radius 2 is 1.84 bits per heavy atom. The van der Waals surface area contributed by atoms with Gasteiger partial charge in [0.1, 0.15) is 30.3 Å². The summed E-state index contributed by atoms with van der Waals surface area (Å²) in [5, 5.41) is 25.0. The average molecular weight is 432 g/mol. The van der Waals surface area contributed by atoms with Crippen LogP contribution in [0.2, 0.25) is 0 Å². The third kappa shape index (κ3) is 2.71. The van der Waals surface area contributed by atoms with Gasteiger partial charge < -0.3 is 20.4 Å². The minimum atomic E-state index is -0.841. The first-order valence-electron chi connectivity index (χ1n) is 11.0. The lowest BCUT2D eigenvalue weighted by molar-refractivity contribution is -0.0324. The monoisotopic (exact) mass is 432 g/mol. The molecule has 0 radical (unpaired) electrons. The first-order valence-corrected chi connectivity index (χ1v) is 11.0. The molecule has 6 nitrogen and oxygen atoms in total. The van der Waals surface area contributed by atoms with Gasteiger partial charge in [0.2, 0.25) is 0 Å². The summed E-state index contributed by atoms with van der Waals surface area (Å²) >= 11 is 0. The number of aliphatic hydroxyl groups is 2. The van der Waals surface area contributed by atoms with Gasteiger partial charge >= 0.3 is 0 Å². The summed E-state index contributed by atoms with van der Waals surface area (Å²) in [4.78, 5) is 11.4. The topological polar surface area (TPSA) is 80.5 Å². The number of aliphatic imine (C=N–C) groups is 2. The molecule has 2 aromatic carbocycles. The molecule has 164 valence electrons. The van der Waals surface area contributed by atoms with E-state index in [1.807, 2.05) is 43.5 Å². The maximum absolute atomic E-state index is 13.6. The summed E-state index contributed by atoms with van der Waals surface area (Å²) in [7, 11) is 0. The van der Waals surface area contributed by atoms with Gasteiger partial charge in [-0.2, -0.15) is 0 Å². The van der Waals surface area contributed by atoms with Crippen LogP contribution in [0.5, 0.6) is 0 Å². The maximum atomic E-state index is 13.6. The van der Waals surface area contributed by atoms with Crippen molar-refractivity contribution in [3.8, 4) is 0 Å². The molecule has 0 aromatic heterocycles. The van der Waals surface area contributed by atoms with Crippen molar-refractivity contribution in [3.05, 3.63) is 72.2 Å². The zero-order valence-corrected chi connectivity index (χ0v) is 17.6. The number of halogens is 1. The van der Waals surface area contributed by atoms with E-state index in [1.54, 1.807) is 18.5 Å². The molecule has 2 aromatic rings. The van der Waals surface area contributed by atoms with Crippen LogP contribution < -0.4 is 5.32 Å². The van der Waals surface area contributed by atoms with Crippen LogP contribution in [-0.4, -0.2) is 51.2 Å². The molecule has 0 saturated heterocycles. The Morgan fingerprint density at radius 1 is 1.09 bits per heavy atom. The molecule has 2 aliphatic carbocycles. The van der Waals surface area contributed by atoms with Gasteiger partial charge in [0.25, 0.3) is 0 Å². The lowest BCUT2D eigenvalue weighted by Crippen LogP contribution is -2.51. The Hall–Kier alpha value is -3.03. The molecule has 6 rings (SSSR count). The van der Waals surface area contributed by atoms with Crippen LogP contribution in [0, 0.1) is 23.6 Å². The van der Waals surface area contributed by atoms with Crippen molar-refractivity contribution in [2.75, 3.05) is 5.32 Å². The number of hydrogen-bond donors (Lipinski definition) is 3. The molecule has 3 N–H and O–H groups in total. The number of fused-ring (bicyclic) bond motifs is 2. The van der Waals surface area contributed by atoms with Gasteiger partial charge in [-0.15, -0.1) is 0 Å². The molecule has 7 heteroatoms. The second kappa shape index (κ2) is 6.98. The van der Waals surface area contributed by atoms with Crippen LogP contribution in [0.1, 0.15) is 18.9 Å². The Kier molecular flexibility index (Phi) is 4.29. The lowest BCUT2D eigenvalue weighted by Gasteiger charge is -2.37. The lowest BCUT2D eigenvalue weighted by atomic mass is 9.91. The summed E-state index contributed by atoms with van der Waals surface area (Å²) in [6.45, 7) is 2.00. The van der Waals surface area contributed by atoms with E-state index >= 15 is 0 Å². The van der Waals surface area contributed by atoms with Crippen LogP contribution >= 0.6 is 0 Å². The summed E-state index contributed by atoms with van der Waals surface area (Å²) in [5.41, 5.74) is 2.24. The van der Waals surface area contributed by atoms with E-state index in [4.69, 9.17) is 4.99 Å². The molecule has 2 saturated carbocycles. The van der Waals surface area contributed by atoms with Gasteiger partial charge in [-0.25, -0.2) is 14.4 Å². The van der Waals surface area contributed by atoms with E-state index in [0.29, 0.717) is 0 Å². The third-order valence-electron chi connectivity index (χ3n) is 7.65. The molecular weight excluding hydrogens is 407 g/mol. The summed E-state index contributed by atoms with van der Waals surface area (Å²) in [5.74, 6) is 0.486. The fraction of sp³-hybridized carbons (Fsp3) is 0.360. The number of aliphatic hydroxyl groups excluding tert-OH is 2. The second-order valence-corrected chi connectivity index (χ2v) is 9.26. The van der Waals surface area contributed by atoms with Gasteiger partial charge in [0.15, 0.2) is 0 Å². The highest BCUT2D eigenvalue weighted by Gasteiger charge is 2.74. The van der Waals surface area contributed by atoms with E-state index in [2.05, 4.69) is 15.2 Å². The molecule has 0 amide bonds. The standard InChI is InChI=1S/C25H25FN4O2/c1-14-19-11-25(19,22(32)21(14)31)30-12-18(15-7-9-16(26)10-8-15)20-23(27-13-28-24(20)30)29-17-5-3-2-4-6-17/h2-10,12-14,19-22,24,31-32H,11H2,1H3,(H,27,28,29)/t14-,19-,20?,21?,22-,24?,25+/m0/s1. The molecule has 3 unspecified atom stereocenters. The highest BCUT2D eigenvalue weighted by Crippen LogP contribution is 2.64. The maximum Gasteiger partial charge on any atom is 0.137 e. The Morgan fingerprint density at radius 3 is 2.53 bits per heavy atom. The van der Waals surface area contributed by atoms with Crippen molar-refractivity contribution < 1.29 is 14.6 Å². The SMILES string of the molecule is C[C@@H]1C(O)[C@H](O)[C@@]2(N3C=C(c4ccc(F)cc4)C4C(Nc5ccccc5)=NC=NC43)C[C@@H]12. The Labute approximate surface area is 185 Å². The zero-order chi connectivity index (χ0) is 22.0. The van der Waals surface area contributed by atoms with Gasteiger partial charge in [-0.3, -0.25) is 0 Å². The minimum absolute atomic E-state index is 0.0230. The number of nitrogens with zero attached hydrogens (tertiary/aromatic N) is 3. The van der Waals surface area contributed by atoms with E-state index < -0.39 is 17.7 Å². The van der Waals surface area contributed by atoms with Crippen LogP contribution in [-0.2, 0) is 0 Å². The minimum Gasteiger partial charge on any atom is -0.390 e. The number of hydrogen-bond acceptors (Lipinski definition) is 6. The average Bonchev–Trinajstić information content (AvgIpc) is 3.39. The third-order valence-corrected chi connectivity index (χ3v) is 7.65. The van der Waals surface area contributed by atoms with Crippen molar-refractivity contribution in [2.24, 2.45) is 27.7 Å². The Balaban J connectivity index is 1.42. The number of para-hydroxylation sites is 1. The number of anilines is 1. The molecule has 0 spiro atoms. The predicted molar refractivity (Wildman–Crippen MR) is 122 cm³/mol. The predicted octanol–water partition coefficient (Wildman–Crippen LogP) is 3.11. The summed E-state index contributed by atoms with van der Waals surface area (Å²) < 4.78 is 13.6. The van der Waals surface area contributed by atoms with Crippen LogP contribution in [0.15, 0.2) is 70.8 Å². The normalized spacial score (nSPS) is 36.9. The zero-order valence-electron chi connectivity index (χ0n) is 17.6. The number of amidine groups is 1. The van der Waals surface area contributed by atoms with Gasteiger partial charge in [0, 0.05) is 11.9 Å². The molecule has 7 atom stereocenters. The highest BCUT2D eigenvalue weighted by atomic mass is 19.1. The van der Waals surface area contributed by atoms with Crippen molar-refractivity contribution in [3.63, 3.8) is 0 Å². The van der Waals surface area contributed by atoms with E-state index in [-0.39, 0.29) is 29.7 Å². The fourth-order valence-electron chi connectivity index (χ4n) is 5.91. The van der Waals surface area contributed by atoms with E-state index in [0.717, 1.165) is 29.1 Å². The molecule has 2 heterocycles. The van der Waals surface area contributed by atoms with Crippen LogP contribution in [0.3, 0.4) is 0 Å². The van der Waals surface area contributed by atoms with E-state index in [9.17, 15) is 14.6 Å². The second-order valence-electron chi connectivity index (χ2n) is 9.26. The van der Waals surface area contributed by atoms with Gasteiger partial charge in [-0.05, 0) is 53.7 Å². The Bertz CT molecular complexity index is 1130. The first kappa shape index (κ1) is 19.6.